The third-order valence-electron chi connectivity index (χ3n) is 7.02. The highest BCUT2D eigenvalue weighted by Crippen LogP contribution is 2.20. The highest BCUT2D eigenvalue weighted by molar-refractivity contribution is 7.85. The topological polar surface area (TPSA) is 54.4 Å². The molecule has 2 atom stereocenters. The lowest BCUT2D eigenvalue weighted by Gasteiger charge is -2.34. The van der Waals surface area contributed by atoms with E-state index in [1.165, 1.54) is 54.8 Å². The van der Waals surface area contributed by atoms with Crippen LogP contribution in [0.15, 0.2) is 59.5 Å². The SMILES string of the molecule is C.C.C.C.CCC(C)c1ccc(S(=O)(=O)O)cc1.CCC(C)c1ccccc1.CC[N+](CC)(CC)CC.[Cl-]. The average Bonchev–Trinajstić information content (AvgIpc) is 2.85. The molecule has 2 unspecified atom stereocenters. The number of hydrogen-bond donors (Lipinski definition) is 1. The summed E-state index contributed by atoms with van der Waals surface area (Å²) in [6.07, 6.45) is 2.23. The maximum atomic E-state index is 10.7. The fourth-order valence-electron chi connectivity index (χ4n) is 3.56. The van der Waals surface area contributed by atoms with Crippen molar-refractivity contribution >= 4 is 10.1 Å². The fourth-order valence-corrected chi connectivity index (χ4v) is 4.04. The summed E-state index contributed by atoms with van der Waals surface area (Å²) in [5.74, 6) is 1.12. The summed E-state index contributed by atoms with van der Waals surface area (Å²) in [4.78, 5) is -0.0513. The first-order valence-electron chi connectivity index (χ1n) is 12.5. The van der Waals surface area contributed by atoms with Crippen LogP contribution < -0.4 is 12.4 Å². The summed E-state index contributed by atoms with van der Waals surface area (Å²) in [7, 11) is -4.05. The standard InChI is InChI=1S/C10H14O3S.C10H14.C8H20N.4CH4.ClH/c1-3-8(2)9-4-6-10(7-5-9)14(11,12)13;1-3-9(2)10-7-5-4-6-8-10;1-5-9(6-2,7-3)8-4;;;;;/h4-8H,3H2,1-2H3,(H,11,12,13);4-9H,3H2,1-2H3;5-8H2,1-4H3;4*1H4;1H/q;;+1;;;;;/p-1. The Hall–Kier alpha value is -1.40. The molecule has 2 rings (SSSR count). The molecule has 0 bridgehead atoms. The van der Waals surface area contributed by atoms with Crippen LogP contribution in [0.4, 0.5) is 0 Å². The van der Waals surface area contributed by atoms with Gasteiger partial charge in [0.2, 0.25) is 0 Å². The first-order chi connectivity index (χ1) is 15.5. The van der Waals surface area contributed by atoms with Gasteiger partial charge in [0.1, 0.15) is 0 Å². The van der Waals surface area contributed by atoms with Crippen molar-refractivity contribution in [1.29, 1.82) is 0 Å². The molecule has 1 N–H and O–H groups in total. The molecule has 6 heteroatoms. The quantitative estimate of drug-likeness (QED) is 0.256. The first-order valence-corrected chi connectivity index (χ1v) is 13.9. The predicted octanol–water partition coefficient (Wildman–Crippen LogP) is 7.08. The van der Waals surface area contributed by atoms with Crippen molar-refractivity contribution in [3.8, 4) is 0 Å². The van der Waals surface area contributed by atoms with Crippen LogP contribution in [0.2, 0.25) is 0 Å². The predicted molar refractivity (Wildman–Crippen MR) is 169 cm³/mol. The molecular weight excluding hydrogens is 514 g/mol. The Balaban J connectivity index is -0.0000000973. The highest BCUT2D eigenvalue weighted by Gasteiger charge is 2.16. The molecule has 228 valence electrons. The fraction of sp³-hybridized carbons (Fsp3) is 0.625. The van der Waals surface area contributed by atoms with E-state index in [9.17, 15) is 8.42 Å². The van der Waals surface area contributed by atoms with Crippen molar-refractivity contribution in [2.45, 2.75) is 115 Å². The van der Waals surface area contributed by atoms with Crippen LogP contribution in [0.25, 0.3) is 0 Å². The Morgan fingerprint density at radius 3 is 1.18 bits per heavy atom. The Labute approximate surface area is 246 Å². The van der Waals surface area contributed by atoms with E-state index in [4.69, 9.17) is 4.55 Å². The van der Waals surface area contributed by atoms with Crippen molar-refractivity contribution in [2.75, 3.05) is 26.2 Å². The van der Waals surface area contributed by atoms with Crippen LogP contribution in [0, 0.1) is 0 Å². The van der Waals surface area contributed by atoms with Crippen LogP contribution in [0.5, 0.6) is 0 Å². The average molecular weight is 578 g/mol. The van der Waals surface area contributed by atoms with E-state index in [0.717, 1.165) is 12.0 Å². The minimum atomic E-state index is -4.05. The normalized spacial score (nSPS) is 11.4. The van der Waals surface area contributed by atoms with Crippen molar-refractivity contribution in [1.82, 2.24) is 0 Å². The zero-order valence-electron chi connectivity index (χ0n) is 22.6. The number of hydrogen-bond acceptors (Lipinski definition) is 2. The Bertz CT molecular complexity index is 835. The second kappa shape index (κ2) is 25.9. The van der Waals surface area contributed by atoms with E-state index in [2.05, 4.69) is 85.7 Å². The second-order valence-corrected chi connectivity index (χ2v) is 10.1. The maximum Gasteiger partial charge on any atom is 0.294 e. The lowest BCUT2D eigenvalue weighted by Crippen LogP contribution is -3.00. The Kier molecular flexibility index (Phi) is 33.7. The van der Waals surface area contributed by atoms with Gasteiger partial charge in [-0.25, -0.2) is 0 Å². The van der Waals surface area contributed by atoms with Gasteiger partial charge in [-0.05, 0) is 75.6 Å². The van der Waals surface area contributed by atoms with Gasteiger partial charge in [0, 0.05) is 0 Å². The summed E-state index contributed by atoms with van der Waals surface area (Å²) in [6, 6.07) is 17.0. The summed E-state index contributed by atoms with van der Waals surface area (Å²) in [6.45, 7) is 22.8. The molecule has 0 spiro atoms. The van der Waals surface area contributed by atoms with Crippen LogP contribution in [0.1, 0.15) is 121 Å². The number of rotatable bonds is 9. The van der Waals surface area contributed by atoms with Gasteiger partial charge in [-0.15, -0.1) is 0 Å². The molecule has 2 aromatic rings. The Morgan fingerprint density at radius 1 is 0.632 bits per heavy atom. The molecule has 0 radical (unpaired) electrons. The zero-order valence-corrected chi connectivity index (χ0v) is 24.2. The van der Waals surface area contributed by atoms with Crippen LogP contribution in [-0.2, 0) is 10.1 Å². The molecule has 0 aliphatic heterocycles. The van der Waals surface area contributed by atoms with E-state index in [-0.39, 0.29) is 47.0 Å². The summed E-state index contributed by atoms with van der Waals surface area (Å²) < 4.78 is 31.5. The lowest BCUT2D eigenvalue weighted by atomic mass is 9.99. The van der Waals surface area contributed by atoms with Gasteiger partial charge in [0.15, 0.2) is 0 Å². The zero-order chi connectivity index (χ0) is 25.5. The van der Waals surface area contributed by atoms with Crippen molar-refractivity contribution in [3.63, 3.8) is 0 Å². The van der Waals surface area contributed by atoms with Gasteiger partial charge in [-0.2, -0.15) is 8.42 Å². The van der Waals surface area contributed by atoms with Gasteiger partial charge < -0.3 is 16.9 Å². The second-order valence-electron chi connectivity index (χ2n) is 8.68. The number of quaternary nitrogens is 1. The summed E-state index contributed by atoms with van der Waals surface area (Å²) >= 11 is 0. The van der Waals surface area contributed by atoms with Crippen LogP contribution in [-0.4, -0.2) is 43.6 Å². The van der Waals surface area contributed by atoms with Crippen molar-refractivity contribution < 1.29 is 29.9 Å². The maximum absolute atomic E-state index is 10.7. The third-order valence-corrected chi connectivity index (χ3v) is 7.89. The molecule has 2 aromatic carbocycles. The van der Waals surface area contributed by atoms with E-state index in [0.29, 0.717) is 11.8 Å². The molecule has 38 heavy (non-hydrogen) atoms. The van der Waals surface area contributed by atoms with Gasteiger partial charge in [-0.3, -0.25) is 4.55 Å². The molecule has 0 amide bonds. The van der Waals surface area contributed by atoms with Crippen LogP contribution in [0.3, 0.4) is 0 Å². The monoisotopic (exact) mass is 577 g/mol. The number of benzene rings is 2. The molecule has 0 aliphatic rings. The first kappa shape index (κ1) is 49.5. The van der Waals surface area contributed by atoms with Gasteiger partial charge >= 0.3 is 0 Å². The molecule has 0 fully saturated rings. The number of nitrogens with zero attached hydrogens (tertiary/aromatic N) is 1. The number of halogens is 1. The lowest BCUT2D eigenvalue weighted by molar-refractivity contribution is -0.921. The minimum absolute atomic E-state index is 0. The van der Waals surface area contributed by atoms with E-state index < -0.39 is 10.1 Å². The molecule has 0 aliphatic carbocycles. The van der Waals surface area contributed by atoms with Gasteiger partial charge in [0.25, 0.3) is 10.1 Å². The molecule has 0 saturated heterocycles. The molecule has 0 aromatic heterocycles. The smallest absolute Gasteiger partial charge is 0.294 e. The van der Waals surface area contributed by atoms with Gasteiger partial charge in [0.05, 0.1) is 31.1 Å². The van der Waals surface area contributed by atoms with E-state index in [1.54, 1.807) is 12.1 Å². The van der Waals surface area contributed by atoms with Crippen molar-refractivity contribution in [3.05, 3.63) is 65.7 Å². The van der Waals surface area contributed by atoms with E-state index >= 15 is 0 Å². The third kappa shape index (κ3) is 18.0. The van der Waals surface area contributed by atoms with E-state index in [1.807, 2.05) is 0 Å². The Morgan fingerprint density at radius 2 is 0.947 bits per heavy atom. The summed E-state index contributed by atoms with van der Waals surface area (Å²) in [5.41, 5.74) is 2.53. The highest BCUT2D eigenvalue weighted by atomic mass is 35.5. The van der Waals surface area contributed by atoms with Crippen molar-refractivity contribution in [2.24, 2.45) is 0 Å². The summed E-state index contributed by atoms with van der Waals surface area (Å²) in [5, 5.41) is 0. The van der Waals surface area contributed by atoms with Gasteiger partial charge in [-0.1, -0.05) is 99.9 Å². The van der Waals surface area contributed by atoms with Crippen LogP contribution >= 0.6 is 0 Å². The minimum Gasteiger partial charge on any atom is -1.00 e. The largest absolute Gasteiger partial charge is 1.00 e. The molecule has 0 heterocycles. The molecule has 0 saturated carbocycles. The molecule has 4 nitrogen and oxygen atoms in total. The molecular formula is C32H64ClNO3S.